The van der Waals surface area contributed by atoms with Crippen LogP contribution in [-0.2, 0) is 9.59 Å². The maximum Gasteiger partial charge on any atom is 0.263 e. The van der Waals surface area contributed by atoms with Crippen molar-refractivity contribution in [2.45, 2.75) is 0 Å². The molecule has 0 spiro atoms. The van der Waals surface area contributed by atoms with Crippen molar-refractivity contribution >= 4 is 46.2 Å². The smallest absolute Gasteiger partial charge is 0.263 e. The molecule has 1 fully saturated rings. The molecular weight excluding hydrogens is 308 g/mol. The molecule has 7 heteroatoms. The number of carbonyl (C=O) groups is 2. The minimum Gasteiger partial charge on any atom is -0.484 e. The van der Waals surface area contributed by atoms with Crippen molar-refractivity contribution in [3.05, 3.63) is 34.7 Å². The van der Waals surface area contributed by atoms with Crippen molar-refractivity contribution in [1.82, 2.24) is 10.2 Å². The van der Waals surface area contributed by atoms with Crippen LogP contribution < -0.4 is 10.1 Å². The van der Waals surface area contributed by atoms with Gasteiger partial charge in [-0.1, -0.05) is 36.1 Å². The number of nitrogens with one attached hydrogen (secondary N) is 1. The molecule has 1 aromatic carbocycles. The van der Waals surface area contributed by atoms with E-state index in [4.69, 9.17) is 17.0 Å². The Hall–Kier alpha value is -1.86. The highest BCUT2D eigenvalue weighted by molar-refractivity contribution is 8.26. The van der Waals surface area contributed by atoms with Crippen LogP contribution in [0.5, 0.6) is 5.75 Å². The van der Waals surface area contributed by atoms with Gasteiger partial charge in [-0.2, -0.15) is 0 Å². The predicted octanol–water partition coefficient (Wildman–Crippen LogP) is 1.64. The van der Waals surface area contributed by atoms with Crippen molar-refractivity contribution in [2.75, 3.05) is 20.7 Å². The van der Waals surface area contributed by atoms with Crippen molar-refractivity contribution in [1.29, 1.82) is 0 Å². The first kappa shape index (κ1) is 15.5. The fourth-order valence-corrected chi connectivity index (χ4v) is 2.55. The first-order chi connectivity index (χ1) is 9.95. The topological polar surface area (TPSA) is 58.6 Å². The highest BCUT2D eigenvalue weighted by Crippen LogP contribution is 2.26. The van der Waals surface area contributed by atoms with E-state index >= 15 is 0 Å². The van der Waals surface area contributed by atoms with Gasteiger partial charge in [0.25, 0.3) is 11.8 Å². The maximum absolute atomic E-state index is 11.5. The van der Waals surface area contributed by atoms with Crippen LogP contribution in [0.2, 0.25) is 0 Å². The molecule has 0 atom stereocenters. The Bertz CT molecular complexity index is 609. The number of likely N-dealkylation sites (N-methyl/N-ethyl adjacent to an activating group) is 1. The third kappa shape index (κ3) is 4.30. The molecule has 0 aromatic heterocycles. The zero-order valence-electron chi connectivity index (χ0n) is 11.6. The molecule has 5 nitrogen and oxygen atoms in total. The van der Waals surface area contributed by atoms with Crippen LogP contribution in [0.1, 0.15) is 5.56 Å². The summed E-state index contributed by atoms with van der Waals surface area (Å²) in [6.45, 7) is -0.0000356. The molecule has 1 heterocycles. The minimum absolute atomic E-state index is 0.0000356. The number of thiocarbonyl (C=S) groups is 1. The summed E-state index contributed by atoms with van der Waals surface area (Å²) < 4.78 is 5.84. The number of nitrogens with zero attached hydrogens (tertiary/aromatic N) is 1. The summed E-state index contributed by atoms with van der Waals surface area (Å²) in [6, 6.07) is 7.14. The molecular formula is C14H14N2O3S2. The molecule has 1 aliphatic heterocycles. The Morgan fingerprint density at radius 1 is 1.38 bits per heavy atom. The molecule has 0 unspecified atom stereocenters. The summed E-state index contributed by atoms with van der Waals surface area (Å²) in [5, 5.41) is 2.56. The van der Waals surface area contributed by atoms with Crippen molar-refractivity contribution in [3.63, 3.8) is 0 Å². The lowest BCUT2D eigenvalue weighted by Gasteiger charge is -2.11. The van der Waals surface area contributed by atoms with Gasteiger partial charge in [-0.15, -0.1) is 0 Å². The molecule has 0 bridgehead atoms. The lowest BCUT2D eigenvalue weighted by molar-refractivity contribution is -0.130. The van der Waals surface area contributed by atoms with E-state index in [1.807, 2.05) is 12.1 Å². The van der Waals surface area contributed by atoms with Gasteiger partial charge >= 0.3 is 0 Å². The third-order valence-corrected chi connectivity index (χ3v) is 3.84. The monoisotopic (exact) mass is 322 g/mol. The molecule has 110 valence electrons. The fourth-order valence-electron chi connectivity index (χ4n) is 1.51. The van der Waals surface area contributed by atoms with Gasteiger partial charge in [0.15, 0.2) is 6.61 Å². The van der Waals surface area contributed by atoms with E-state index in [1.54, 1.807) is 32.3 Å². The molecule has 1 N–H and O–H groups in total. The van der Waals surface area contributed by atoms with E-state index in [1.165, 1.54) is 16.7 Å². The number of rotatable bonds is 4. The standard InChI is InChI=1S/C14H14N2O3S2/c1-16(2)12(17)8-19-10-5-3-9(4-6-10)7-11-13(18)15-14(20)21-11/h3-7H,8H2,1-2H3,(H,15,18,20). The predicted molar refractivity (Wildman–Crippen MR) is 86.9 cm³/mol. The molecule has 0 radical (unpaired) electrons. The number of amides is 2. The van der Waals surface area contributed by atoms with Gasteiger partial charge in [-0.25, -0.2) is 0 Å². The van der Waals surface area contributed by atoms with Gasteiger partial charge in [-0.05, 0) is 23.8 Å². The van der Waals surface area contributed by atoms with E-state index in [0.717, 1.165) is 5.56 Å². The number of thioether (sulfide) groups is 1. The summed E-state index contributed by atoms with van der Waals surface area (Å²) in [4.78, 5) is 25.0. The van der Waals surface area contributed by atoms with E-state index in [2.05, 4.69) is 5.32 Å². The van der Waals surface area contributed by atoms with Gasteiger partial charge in [-0.3, -0.25) is 9.59 Å². The van der Waals surface area contributed by atoms with Crippen LogP contribution in [-0.4, -0.2) is 41.7 Å². The van der Waals surface area contributed by atoms with E-state index < -0.39 is 0 Å². The second-order valence-corrected chi connectivity index (χ2v) is 6.22. The highest BCUT2D eigenvalue weighted by atomic mass is 32.2. The lowest BCUT2D eigenvalue weighted by Crippen LogP contribution is -2.27. The first-order valence-corrected chi connectivity index (χ1v) is 7.36. The van der Waals surface area contributed by atoms with Crippen LogP contribution in [0, 0.1) is 0 Å². The molecule has 0 saturated carbocycles. The summed E-state index contributed by atoms with van der Waals surface area (Å²) in [6.07, 6.45) is 1.76. The largest absolute Gasteiger partial charge is 0.484 e. The van der Waals surface area contributed by atoms with Crippen LogP contribution in [0.3, 0.4) is 0 Å². The zero-order valence-corrected chi connectivity index (χ0v) is 13.2. The Balaban J connectivity index is 1.99. The zero-order chi connectivity index (χ0) is 15.4. The molecule has 1 aromatic rings. The molecule has 1 saturated heterocycles. The van der Waals surface area contributed by atoms with Gasteiger partial charge in [0.2, 0.25) is 0 Å². The summed E-state index contributed by atoms with van der Waals surface area (Å²) in [5.41, 5.74) is 0.864. The average molecular weight is 322 g/mol. The summed E-state index contributed by atoms with van der Waals surface area (Å²) >= 11 is 6.16. The van der Waals surface area contributed by atoms with Crippen LogP contribution in [0.4, 0.5) is 0 Å². The average Bonchev–Trinajstić information content (AvgIpc) is 2.75. The fraction of sp³-hybridized carbons (Fsp3) is 0.214. The minimum atomic E-state index is -0.179. The maximum atomic E-state index is 11.5. The van der Waals surface area contributed by atoms with Crippen LogP contribution in [0.15, 0.2) is 29.2 Å². The second-order valence-electron chi connectivity index (χ2n) is 4.50. The van der Waals surface area contributed by atoms with E-state index in [0.29, 0.717) is 15.0 Å². The Morgan fingerprint density at radius 2 is 2.05 bits per heavy atom. The molecule has 2 rings (SSSR count). The highest BCUT2D eigenvalue weighted by Gasteiger charge is 2.21. The number of carbonyl (C=O) groups excluding carboxylic acids is 2. The molecule has 1 aliphatic rings. The van der Waals surface area contributed by atoms with E-state index in [-0.39, 0.29) is 18.4 Å². The van der Waals surface area contributed by atoms with Gasteiger partial charge in [0.05, 0.1) is 4.91 Å². The van der Waals surface area contributed by atoms with Gasteiger partial charge in [0.1, 0.15) is 10.1 Å². The number of hydrogen-bond acceptors (Lipinski definition) is 5. The molecule has 0 aliphatic carbocycles. The van der Waals surface area contributed by atoms with Gasteiger partial charge < -0.3 is 15.0 Å². The molecule has 2 amide bonds. The third-order valence-electron chi connectivity index (χ3n) is 2.68. The van der Waals surface area contributed by atoms with Gasteiger partial charge in [0, 0.05) is 14.1 Å². The van der Waals surface area contributed by atoms with E-state index in [9.17, 15) is 9.59 Å². The number of ether oxygens (including phenoxy) is 1. The Labute approximate surface area is 132 Å². The Morgan fingerprint density at radius 3 is 2.57 bits per heavy atom. The molecule has 21 heavy (non-hydrogen) atoms. The normalized spacial score (nSPS) is 16.0. The quantitative estimate of drug-likeness (QED) is 0.675. The van der Waals surface area contributed by atoms with Crippen molar-refractivity contribution in [3.8, 4) is 5.75 Å². The van der Waals surface area contributed by atoms with Crippen molar-refractivity contribution < 1.29 is 14.3 Å². The second kappa shape index (κ2) is 6.73. The van der Waals surface area contributed by atoms with Crippen LogP contribution >= 0.6 is 24.0 Å². The first-order valence-electron chi connectivity index (χ1n) is 6.13. The summed E-state index contributed by atoms with van der Waals surface area (Å²) in [7, 11) is 3.35. The summed E-state index contributed by atoms with van der Waals surface area (Å²) in [5.74, 6) is 0.321. The SMILES string of the molecule is CN(C)C(=O)COc1ccc(C=C2SC(=S)NC2=O)cc1. The lowest BCUT2D eigenvalue weighted by atomic mass is 10.2. The number of benzene rings is 1. The van der Waals surface area contributed by atoms with Crippen molar-refractivity contribution in [2.24, 2.45) is 0 Å². The number of hydrogen-bond donors (Lipinski definition) is 1. The Kier molecular flexibility index (Phi) is 4.98. The van der Waals surface area contributed by atoms with Crippen LogP contribution in [0.25, 0.3) is 6.08 Å².